The topological polar surface area (TPSA) is 95.9 Å². The molecule has 450 valence electrons. The minimum atomic E-state index is -0.669. The Hall–Kier alpha value is -1.66. The average Bonchev–Trinajstić information content (AvgIpc) is 3.42. The maximum atomic E-state index is 12.5. The van der Waals surface area contributed by atoms with Crippen LogP contribution >= 0.6 is 0 Å². The minimum absolute atomic E-state index is 0.00441. The molecule has 3 N–H and O–H groups in total. The van der Waals surface area contributed by atoms with Gasteiger partial charge in [0.25, 0.3) is 0 Å². The van der Waals surface area contributed by atoms with Gasteiger partial charge in [0.05, 0.1) is 25.4 Å². The molecule has 2 unspecified atom stereocenters. The molecule has 0 radical (unpaired) electrons. The summed E-state index contributed by atoms with van der Waals surface area (Å²) < 4.78 is 5.49. The first-order valence-corrected chi connectivity index (χ1v) is 34.6. The standard InChI is InChI=1S/C70H135NO5/c1-3-5-7-9-11-13-15-17-19-20-21-25-28-31-35-38-42-46-50-54-58-62-68(73)67(66-72)71-69(74)63-59-55-51-47-43-39-36-32-29-26-23-22-24-27-30-33-37-41-45-49-53-57-61-65-76-70(75)64-60-56-52-48-44-40-34-18-16-14-12-10-8-6-4-2/h18,26,29,34,67-68,72-73H,3-17,19-25,27-28,30-33,35-66H2,1-2H3,(H,71,74)/b29-26-,34-18-. The summed E-state index contributed by atoms with van der Waals surface area (Å²) in [5.41, 5.74) is 0. The number of carbonyl (C=O) groups excluding carboxylic acids is 2. The fourth-order valence-corrected chi connectivity index (χ4v) is 10.9. The first kappa shape index (κ1) is 74.3. The first-order chi connectivity index (χ1) is 37.5. The molecule has 0 aliphatic carbocycles. The molecular formula is C70H135NO5. The fraction of sp³-hybridized carbons (Fsp3) is 0.914. The SMILES string of the molecule is CCCCCCCC/C=C\CCCCCCCC(=O)OCCCCCCCCCCCCCC/C=C\CCCCCCCCCC(=O)NC(CO)C(O)CCCCCCCCCCCCCCCCCCCCCCC. The van der Waals surface area contributed by atoms with E-state index in [1.54, 1.807) is 0 Å². The Labute approximate surface area is 475 Å². The molecular weight excluding hydrogens is 935 g/mol. The fourth-order valence-electron chi connectivity index (χ4n) is 10.9. The molecule has 76 heavy (non-hydrogen) atoms. The quantitative estimate of drug-likeness (QED) is 0.0320. The second-order valence-electron chi connectivity index (χ2n) is 23.9. The number of aliphatic hydroxyl groups is 2. The number of nitrogens with one attached hydrogen (secondary N) is 1. The van der Waals surface area contributed by atoms with Crippen LogP contribution in [0.1, 0.15) is 386 Å². The van der Waals surface area contributed by atoms with Gasteiger partial charge in [-0.3, -0.25) is 9.59 Å². The number of unbranched alkanes of at least 4 members (excludes halogenated alkanes) is 50. The van der Waals surface area contributed by atoms with Crippen molar-refractivity contribution in [2.45, 2.75) is 398 Å². The third-order valence-corrected chi connectivity index (χ3v) is 16.2. The third kappa shape index (κ3) is 61.6. The number of carbonyl (C=O) groups is 2. The molecule has 0 aromatic rings. The molecule has 0 saturated heterocycles. The molecule has 0 rings (SSSR count). The van der Waals surface area contributed by atoms with E-state index in [9.17, 15) is 19.8 Å². The number of ether oxygens (including phenoxy) is 1. The van der Waals surface area contributed by atoms with E-state index in [4.69, 9.17) is 4.74 Å². The number of hydrogen-bond donors (Lipinski definition) is 3. The number of amides is 1. The van der Waals surface area contributed by atoms with E-state index >= 15 is 0 Å². The molecule has 0 aliphatic rings. The lowest BCUT2D eigenvalue weighted by Crippen LogP contribution is -2.45. The van der Waals surface area contributed by atoms with E-state index in [1.807, 2.05) is 0 Å². The summed E-state index contributed by atoms with van der Waals surface area (Å²) >= 11 is 0. The summed E-state index contributed by atoms with van der Waals surface area (Å²) in [4.78, 5) is 24.6. The highest BCUT2D eigenvalue weighted by atomic mass is 16.5. The molecule has 0 aromatic carbocycles. The van der Waals surface area contributed by atoms with Crippen LogP contribution in [0.25, 0.3) is 0 Å². The van der Waals surface area contributed by atoms with Gasteiger partial charge in [-0.05, 0) is 77.0 Å². The second kappa shape index (κ2) is 65.9. The number of hydrogen-bond acceptors (Lipinski definition) is 5. The van der Waals surface area contributed by atoms with Gasteiger partial charge in [-0.1, -0.05) is 321 Å². The third-order valence-electron chi connectivity index (χ3n) is 16.2. The number of rotatable bonds is 65. The number of allylic oxidation sites excluding steroid dienone is 4. The monoisotopic (exact) mass is 1070 g/mol. The van der Waals surface area contributed by atoms with Gasteiger partial charge in [0, 0.05) is 12.8 Å². The maximum absolute atomic E-state index is 12.5. The van der Waals surface area contributed by atoms with Crippen molar-refractivity contribution in [3.8, 4) is 0 Å². The van der Waals surface area contributed by atoms with Gasteiger partial charge >= 0.3 is 5.97 Å². The van der Waals surface area contributed by atoms with Gasteiger partial charge in [-0.15, -0.1) is 0 Å². The Bertz CT molecular complexity index is 1190. The van der Waals surface area contributed by atoms with Gasteiger partial charge in [0.1, 0.15) is 0 Å². The molecule has 0 bridgehead atoms. The van der Waals surface area contributed by atoms with Crippen molar-refractivity contribution >= 4 is 11.9 Å². The molecule has 0 saturated carbocycles. The Balaban J connectivity index is 3.41. The summed E-state index contributed by atoms with van der Waals surface area (Å²) in [7, 11) is 0. The maximum Gasteiger partial charge on any atom is 0.305 e. The van der Waals surface area contributed by atoms with Crippen molar-refractivity contribution < 1.29 is 24.5 Å². The van der Waals surface area contributed by atoms with Crippen LogP contribution in [0.2, 0.25) is 0 Å². The van der Waals surface area contributed by atoms with Crippen LogP contribution in [0.15, 0.2) is 24.3 Å². The first-order valence-electron chi connectivity index (χ1n) is 34.6. The van der Waals surface area contributed by atoms with Crippen molar-refractivity contribution in [2.24, 2.45) is 0 Å². The summed E-state index contributed by atoms with van der Waals surface area (Å²) in [5, 5.41) is 23.4. The zero-order chi connectivity index (χ0) is 55.0. The molecule has 0 heterocycles. The van der Waals surface area contributed by atoms with Gasteiger partial charge in [0.2, 0.25) is 5.91 Å². The predicted octanol–water partition coefficient (Wildman–Crippen LogP) is 22.1. The predicted molar refractivity (Wildman–Crippen MR) is 333 cm³/mol. The van der Waals surface area contributed by atoms with Gasteiger partial charge < -0.3 is 20.3 Å². The summed E-state index contributed by atoms with van der Waals surface area (Å²) in [6.45, 7) is 4.97. The van der Waals surface area contributed by atoms with Crippen LogP contribution in [0.5, 0.6) is 0 Å². The lowest BCUT2D eigenvalue weighted by atomic mass is 10.0. The highest BCUT2D eigenvalue weighted by Gasteiger charge is 2.20. The molecule has 2 atom stereocenters. The van der Waals surface area contributed by atoms with Crippen LogP contribution in [-0.4, -0.2) is 47.4 Å². The Morgan fingerprint density at radius 2 is 0.618 bits per heavy atom. The van der Waals surface area contributed by atoms with Crippen molar-refractivity contribution in [3.63, 3.8) is 0 Å². The molecule has 1 amide bonds. The zero-order valence-electron chi connectivity index (χ0n) is 51.5. The van der Waals surface area contributed by atoms with E-state index in [-0.39, 0.29) is 18.5 Å². The normalized spacial score (nSPS) is 12.6. The molecule has 0 spiro atoms. The second-order valence-corrected chi connectivity index (χ2v) is 23.9. The highest BCUT2D eigenvalue weighted by molar-refractivity contribution is 5.76. The number of esters is 1. The lowest BCUT2D eigenvalue weighted by Gasteiger charge is -2.22. The summed E-state index contributed by atoms with van der Waals surface area (Å²) in [6, 6.07) is -0.547. The zero-order valence-corrected chi connectivity index (χ0v) is 51.5. The number of aliphatic hydroxyl groups excluding tert-OH is 2. The van der Waals surface area contributed by atoms with E-state index in [0.29, 0.717) is 25.9 Å². The average molecular weight is 1070 g/mol. The molecule has 0 aliphatic heterocycles. The Kier molecular flexibility index (Phi) is 64.4. The van der Waals surface area contributed by atoms with Gasteiger partial charge in [-0.25, -0.2) is 0 Å². The highest BCUT2D eigenvalue weighted by Crippen LogP contribution is 2.18. The van der Waals surface area contributed by atoms with E-state index < -0.39 is 12.1 Å². The summed E-state index contributed by atoms with van der Waals surface area (Å²) in [5.74, 6) is -0.0329. The van der Waals surface area contributed by atoms with E-state index in [0.717, 1.165) is 44.9 Å². The van der Waals surface area contributed by atoms with Crippen LogP contribution < -0.4 is 5.32 Å². The van der Waals surface area contributed by atoms with Crippen molar-refractivity contribution in [2.75, 3.05) is 13.2 Å². The minimum Gasteiger partial charge on any atom is -0.466 e. The molecule has 6 nitrogen and oxygen atoms in total. The van der Waals surface area contributed by atoms with E-state index in [1.165, 1.54) is 308 Å². The van der Waals surface area contributed by atoms with E-state index in [2.05, 4.69) is 43.5 Å². The lowest BCUT2D eigenvalue weighted by molar-refractivity contribution is -0.143. The van der Waals surface area contributed by atoms with Crippen molar-refractivity contribution in [1.82, 2.24) is 5.32 Å². The van der Waals surface area contributed by atoms with Crippen LogP contribution in [-0.2, 0) is 14.3 Å². The Morgan fingerprint density at radius 1 is 0.355 bits per heavy atom. The van der Waals surface area contributed by atoms with Gasteiger partial charge in [-0.2, -0.15) is 0 Å². The van der Waals surface area contributed by atoms with Crippen LogP contribution in [0.4, 0.5) is 0 Å². The molecule has 0 fully saturated rings. The smallest absolute Gasteiger partial charge is 0.305 e. The van der Waals surface area contributed by atoms with Crippen LogP contribution in [0.3, 0.4) is 0 Å². The largest absolute Gasteiger partial charge is 0.466 e. The summed E-state index contributed by atoms with van der Waals surface area (Å²) in [6.07, 6.45) is 82.1. The van der Waals surface area contributed by atoms with Crippen molar-refractivity contribution in [3.05, 3.63) is 24.3 Å². The molecule has 0 aromatic heterocycles. The Morgan fingerprint density at radius 3 is 0.934 bits per heavy atom. The molecule has 6 heteroatoms. The van der Waals surface area contributed by atoms with Crippen LogP contribution in [0, 0.1) is 0 Å². The van der Waals surface area contributed by atoms with Crippen molar-refractivity contribution in [1.29, 1.82) is 0 Å². The van der Waals surface area contributed by atoms with Gasteiger partial charge in [0.15, 0.2) is 0 Å².